The number of hydrogen-bond donors (Lipinski definition) is 1. The normalized spacial score (nSPS) is 20.6. The average molecular weight is 267 g/mol. The minimum atomic E-state index is -0.882. The number of hydrogen-bond acceptors (Lipinski definition) is 4. The fourth-order valence-corrected chi connectivity index (χ4v) is 1.88. The van der Waals surface area contributed by atoms with Crippen molar-refractivity contribution in [2.45, 2.75) is 38.9 Å². The topological polar surface area (TPSA) is 53.7 Å². The summed E-state index contributed by atoms with van der Waals surface area (Å²) in [5.74, 6) is 0.404. The Bertz CT molecular complexity index is 463. The van der Waals surface area contributed by atoms with E-state index >= 15 is 0 Å². The fraction of sp³-hybridized carbons (Fsp3) is 0.538. The first-order chi connectivity index (χ1) is 8.77. The molecule has 0 radical (unpaired) electrons. The van der Waals surface area contributed by atoms with Crippen molar-refractivity contribution in [2.75, 3.05) is 12.6 Å². The quantitative estimate of drug-likeness (QED) is 0.671. The molecule has 1 aliphatic heterocycles. The zero-order valence-electron chi connectivity index (χ0n) is 11.7. The van der Waals surface area contributed by atoms with Crippen molar-refractivity contribution in [2.24, 2.45) is 0 Å². The molecule has 6 heteroatoms. The maximum atomic E-state index is 12.2. The van der Waals surface area contributed by atoms with Crippen molar-refractivity contribution in [1.29, 1.82) is 0 Å². The van der Waals surface area contributed by atoms with Crippen LogP contribution < -0.4 is 15.9 Å². The number of alkyl halides is 1. The molecule has 2 N–H and O–H groups in total. The summed E-state index contributed by atoms with van der Waals surface area (Å²) in [6, 6.07) is 4.92. The highest BCUT2D eigenvalue weighted by Gasteiger charge is 2.52. The summed E-state index contributed by atoms with van der Waals surface area (Å²) in [5.41, 5.74) is 6.24. The highest BCUT2D eigenvalue weighted by molar-refractivity contribution is 6.63. The molecule has 0 saturated carbocycles. The molecule has 0 atom stereocenters. The van der Waals surface area contributed by atoms with Crippen molar-refractivity contribution >= 4 is 18.3 Å². The van der Waals surface area contributed by atoms with Gasteiger partial charge in [0.1, 0.15) is 5.75 Å². The second-order valence-electron chi connectivity index (χ2n) is 5.63. The summed E-state index contributed by atoms with van der Waals surface area (Å²) in [7, 11) is -0.576. The third-order valence-electron chi connectivity index (χ3n) is 3.79. The van der Waals surface area contributed by atoms with E-state index in [1.54, 1.807) is 18.2 Å². The van der Waals surface area contributed by atoms with E-state index in [0.29, 0.717) is 16.9 Å². The van der Waals surface area contributed by atoms with Crippen LogP contribution in [0.5, 0.6) is 5.75 Å². The van der Waals surface area contributed by atoms with Crippen molar-refractivity contribution in [3.8, 4) is 5.75 Å². The monoisotopic (exact) mass is 267 g/mol. The first-order valence-electron chi connectivity index (χ1n) is 6.21. The van der Waals surface area contributed by atoms with Gasteiger partial charge in [0.2, 0.25) is 6.86 Å². The van der Waals surface area contributed by atoms with Gasteiger partial charge in [0, 0.05) is 11.2 Å². The van der Waals surface area contributed by atoms with Gasteiger partial charge in [0.25, 0.3) is 0 Å². The first-order valence-corrected chi connectivity index (χ1v) is 6.21. The van der Waals surface area contributed by atoms with Gasteiger partial charge in [-0.05, 0) is 45.9 Å². The van der Waals surface area contributed by atoms with E-state index < -0.39 is 25.2 Å². The molecule has 4 nitrogen and oxygen atoms in total. The van der Waals surface area contributed by atoms with Gasteiger partial charge >= 0.3 is 7.12 Å². The van der Waals surface area contributed by atoms with Crippen LogP contribution in [0.2, 0.25) is 0 Å². The summed E-state index contributed by atoms with van der Waals surface area (Å²) >= 11 is 0. The van der Waals surface area contributed by atoms with Gasteiger partial charge in [-0.2, -0.15) is 0 Å². The summed E-state index contributed by atoms with van der Waals surface area (Å²) in [6.07, 6.45) is 0. The van der Waals surface area contributed by atoms with Crippen LogP contribution in [-0.4, -0.2) is 25.2 Å². The number of nitrogen functional groups attached to an aromatic ring is 1. The van der Waals surface area contributed by atoms with Crippen molar-refractivity contribution in [1.82, 2.24) is 0 Å². The molecule has 1 aliphatic rings. The van der Waals surface area contributed by atoms with Gasteiger partial charge in [-0.1, -0.05) is 0 Å². The van der Waals surface area contributed by atoms with Crippen LogP contribution in [0.4, 0.5) is 10.1 Å². The largest absolute Gasteiger partial charge is 0.497 e. The zero-order valence-corrected chi connectivity index (χ0v) is 11.7. The highest BCUT2D eigenvalue weighted by atomic mass is 19.1. The molecule has 1 aromatic carbocycles. The number of halogens is 1. The van der Waals surface area contributed by atoms with Crippen LogP contribution >= 0.6 is 0 Å². The molecule has 0 bridgehead atoms. The second-order valence-corrected chi connectivity index (χ2v) is 5.63. The van der Waals surface area contributed by atoms with E-state index in [9.17, 15) is 4.39 Å². The van der Waals surface area contributed by atoms with Gasteiger partial charge in [-0.15, -0.1) is 0 Å². The number of ether oxygens (including phenoxy) is 1. The Balaban J connectivity index is 2.31. The van der Waals surface area contributed by atoms with Crippen LogP contribution in [0, 0.1) is 0 Å². The molecule has 0 spiro atoms. The fourth-order valence-electron chi connectivity index (χ4n) is 1.88. The van der Waals surface area contributed by atoms with Crippen LogP contribution in [0.3, 0.4) is 0 Å². The average Bonchev–Trinajstić information content (AvgIpc) is 2.51. The second kappa shape index (κ2) is 4.69. The van der Waals surface area contributed by atoms with Crippen LogP contribution in [-0.2, 0) is 9.31 Å². The van der Waals surface area contributed by atoms with E-state index in [-0.39, 0.29) is 0 Å². The Morgan fingerprint density at radius 1 is 1.21 bits per heavy atom. The Hall–Kier alpha value is -1.27. The molecule has 0 aromatic heterocycles. The van der Waals surface area contributed by atoms with Gasteiger partial charge in [-0.3, -0.25) is 0 Å². The molecular weight excluding hydrogens is 248 g/mol. The number of rotatable bonds is 3. The SMILES string of the molecule is CC1(C)OB(c2cc(OCF)ccc2N)OC1(C)C. The zero-order chi connectivity index (χ0) is 14.3. The Morgan fingerprint density at radius 2 is 1.79 bits per heavy atom. The Morgan fingerprint density at radius 3 is 2.32 bits per heavy atom. The molecule has 1 saturated heterocycles. The molecule has 1 heterocycles. The van der Waals surface area contributed by atoms with Gasteiger partial charge in [0.05, 0.1) is 11.2 Å². The minimum absolute atomic E-state index is 0.404. The minimum Gasteiger partial charge on any atom is -0.463 e. The van der Waals surface area contributed by atoms with Gasteiger partial charge in [-0.25, -0.2) is 4.39 Å². The molecule has 0 amide bonds. The Kier molecular flexibility index (Phi) is 3.49. The van der Waals surface area contributed by atoms with E-state index in [1.807, 2.05) is 27.7 Å². The number of benzene rings is 1. The molecular formula is C13H19BFNO3. The molecule has 1 aromatic rings. The van der Waals surface area contributed by atoms with Crippen molar-refractivity contribution in [3.63, 3.8) is 0 Å². The van der Waals surface area contributed by atoms with E-state index in [2.05, 4.69) is 0 Å². The predicted octanol–water partition coefficient (Wildman–Crippen LogP) is 1.87. The number of nitrogens with two attached hydrogens (primary N) is 1. The van der Waals surface area contributed by atoms with Gasteiger partial charge in [0.15, 0.2) is 0 Å². The summed E-state index contributed by atoms with van der Waals surface area (Å²) < 4.78 is 28.9. The smallest absolute Gasteiger partial charge is 0.463 e. The standard InChI is InChI=1S/C13H19BFNO3/c1-12(2)13(3,4)19-14(18-12)10-7-9(17-8-15)5-6-11(10)16/h5-7H,8,16H2,1-4H3. The van der Waals surface area contributed by atoms with E-state index in [4.69, 9.17) is 19.8 Å². The van der Waals surface area contributed by atoms with Crippen LogP contribution in [0.15, 0.2) is 18.2 Å². The molecule has 0 unspecified atom stereocenters. The first kappa shape index (κ1) is 14.2. The van der Waals surface area contributed by atoms with E-state index in [1.165, 1.54) is 0 Å². The third kappa shape index (κ3) is 2.55. The molecule has 1 fully saturated rings. The molecule has 19 heavy (non-hydrogen) atoms. The van der Waals surface area contributed by atoms with Crippen molar-refractivity contribution in [3.05, 3.63) is 18.2 Å². The summed E-state index contributed by atoms with van der Waals surface area (Å²) in [5, 5.41) is 0. The maximum Gasteiger partial charge on any atom is 0.497 e. The van der Waals surface area contributed by atoms with Crippen molar-refractivity contribution < 1.29 is 18.4 Å². The molecule has 2 rings (SSSR count). The third-order valence-corrected chi connectivity index (χ3v) is 3.79. The lowest BCUT2D eigenvalue weighted by atomic mass is 9.78. The number of anilines is 1. The summed E-state index contributed by atoms with van der Waals surface area (Å²) in [4.78, 5) is 0. The lowest BCUT2D eigenvalue weighted by molar-refractivity contribution is 0.00578. The predicted molar refractivity (Wildman–Crippen MR) is 73.2 cm³/mol. The molecule has 0 aliphatic carbocycles. The van der Waals surface area contributed by atoms with E-state index in [0.717, 1.165) is 0 Å². The van der Waals surface area contributed by atoms with Crippen LogP contribution in [0.25, 0.3) is 0 Å². The lowest BCUT2D eigenvalue weighted by Gasteiger charge is -2.32. The molecule has 104 valence electrons. The Labute approximate surface area is 113 Å². The lowest BCUT2D eigenvalue weighted by Crippen LogP contribution is -2.41. The van der Waals surface area contributed by atoms with Crippen LogP contribution in [0.1, 0.15) is 27.7 Å². The highest BCUT2D eigenvalue weighted by Crippen LogP contribution is 2.37. The maximum absolute atomic E-state index is 12.2. The van der Waals surface area contributed by atoms with Gasteiger partial charge < -0.3 is 19.8 Å². The summed E-state index contributed by atoms with van der Waals surface area (Å²) in [6.45, 7) is 6.97.